The van der Waals surface area contributed by atoms with Crippen LogP contribution in [0.4, 0.5) is 0 Å². The number of carbonyl (C=O) groups is 4. The number of rotatable bonds is 11. The first-order valence-electron chi connectivity index (χ1n) is 7.28. The minimum absolute atomic E-state index is 0.0628. The standard InChI is InChI=1S/C10H14O4.C6H10O4/c1-4-9(11)13-7-6-8(3)14-10(12)5-2;7-5(8)3-1-2-4-6(9)10/h4-5,8H,1-2,6-7H2,3H3;1-4H2,(H,7,8)(H,9,10). The zero-order valence-corrected chi connectivity index (χ0v) is 13.7. The van der Waals surface area contributed by atoms with Crippen molar-refractivity contribution in [1.29, 1.82) is 0 Å². The number of hydrogen-bond donors (Lipinski definition) is 2. The number of unbranched alkanes of at least 4 members (excludes halogenated alkanes) is 1. The first-order valence-corrected chi connectivity index (χ1v) is 7.28. The van der Waals surface area contributed by atoms with Crippen LogP contribution < -0.4 is 0 Å². The van der Waals surface area contributed by atoms with Crippen LogP contribution in [0.15, 0.2) is 25.3 Å². The van der Waals surface area contributed by atoms with E-state index < -0.39 is 23.9 Å². The highest BCUT2D eigenvalue weighted by Gasteiger charge is 2.07. The molecular formula is C16H24O8. The van der Waals surface area contributed by atoms with E-state index in [1.807, 2.05) is 0 Å². The Bertz CT molecular complexity index is 425. The lowest BCUT2D eigenvalue weighted by atomic mass is 10.2. The van der Waals surface area contributed by atoms with Crippen molar-refractivity contribution >= 4 is 23.9 Å². The number of carboxylic acids is 2. The lowest BCUT2D eigenvalue weighted by Gasteiger charge is -2.11. The minimum Gasteiger partial charge on any atom is -0.481 e. The molecule has 2 N–H and O–H groups in total. The fourth-order valence-electron chi connectivity index (χ4n) is 1.24. The van der Waals surface area contributed by atoms with Gasteiger partial charge in [0.2, 0.25) is 0 Å². The molecule has 0 aromatic heterocycles. The molecule has 8 heteroatoms. The van der Waals surface area contributed by atoms with Crippen molar-refractivity contribution in [3.63, 3.8) is 0 Å². The number of ether oxygens (including phenoxy) is 2. The van der Waals surface area contributed by atoms with Gasteiger partial charge in [-0.25, -0.2) is 9.59 Å². The highest BCUT2D eigenvalue weighted by atomic mass is 16.6. The summed E-state index contributed by atoms with van der Waals surface area (Å²) < 4.78 is 9.54. The molecule has 0 rings (SSSR count). The summed E-state index contributed by atoms with van der Waals surface area (Å²) in [7, 11) is 0. The molecule has 0 aromatic carbocycles. The summed E-state index contributed by atoms with van der Waals surface area (Å²) in [5.41, 5.74) is 0. The molecule has 0 heterocycles. The van der Waals surface area contributed by atoms with E-state index in [0.29, 0.717) is 19.3 Å². The second-order valence-corrected chi connectivity index (χ2v) is 4.61. The Kier molecular flexibility index (Phi) is 15.0. The van der Waals surface area contributed by atoms with Gasteiger partial charge < -0.3 is 19.7 Å². The van der Waals surface area contributed by atoms with Crippen LogP contribution >= 0.6 is 0 Å². The van der Waals surface area contributed by atoms with Gasteiger partial charge in [-0.1, -0.05) is 13.2 Å². The quantitative estimate of drug-likeness (QED) is 0.331. The van der Waals surface area contributed by atoms with Crippen LogP contribution in [0.25, 0.3) is 0 Å². The molecule has 0 aliphatic carbocycles. The first-order chi connectivity index (χ1) is 11.2. The summed E-state index contributed by atoms with van der Waals surface area (Å²) >= 11 is 0. The van der Waals surface area contributed by atoms with Gasteiger partial charge in [-0.3, -0.25) is 9.59 Å². The number of carboxylic acid groups (broad SMARTS) is 2. The van der Waals surface area contributed by atoms with Gasteiger partial charge in [0.05, 0.1) is 6.61 Å². The van der Waals surface area contributed by atoms with E-state index in [9.17, 15) is 19.2 Å². The van der Waals surface area contributed by atoms with Gasteiger partial charge in [0.1, 0.15) is 6.10 Å². The topological polar surface area (TPSA) is 127 Å². The average Bonchev–Trinajstić information content (AvgIpc) is 2.51. The van der Waals surface area contributed by atoms with E-state index in [-0.39, 0.29) is 25.6 Å². The summed E-state index contributed by atoms with van der Waals surface area (Å²) in [6.45, 7) is 8.43. The molecule has 0 saturated heterocycles. The highest BCUT2D eigenvalue weighted by molar-refractivity contribution is 5.81. The molecule has 1 unspecified atom stereocenters. The van der Waals surface area contributed by atoms with Crippen molar-refractivity contribution in [2.75, 3.05) is 6.61 Å². The van der Waals surface area contributed by atoms with Gasteiger partial charge in [0, 0.05) is 31.4 Å². The molecule has 136 valence electrons. The third kappa shape index (κ3) is 19.4. The first kappa shape index (κ1) is 23.6. The third-order valence-electron chi connectivity index (χ3n) is 2.45. The maximum atomic E-state index is 10.7. The largest absolute Gasteiger partial charge is 0.481 e. The minimum atomic E-state index is -0.870. The molecule has 0 aromatic rings. The van der Waals surface area contributed by atoms with Crippen LogP contribution in [0.3, 0.4) is 0 Å². The zero-order chi connectivity index (χ0) is 19.0. The number of carbonyl (C=O) groups excluding carboxylic acids is 2. The van der Waals surface area contributed by atoms with E-state index >= 15 is 0 Å². The number of esters is 2. The molecule has 0 saturated carbocycles. The Balaban J connectivity index is 0. The summed E-state index contributed by atoms with van der Waals surface area (Å²) in [5, 5.41) is 16.3. The van der Waals surface area contributed by atoms with E-state index in [1.165, 1.54) is 0 Å². The van der Waals surface area contributed by atoms with Crippen LogP contribution in [0.1, 0.15) is 39.0 Å². The predicted molar refractivity (Wildman–Crippen MR) is 85.3 cm³/mol. The van der Waals surface area contributed by atoms with Crippen molar-refractivity contribution in [1.82, 2.24) is 0 Å². The van der Waals surface area contributed by atoms with E-state index in [2.05, 4.69) is 13.2 Å². The predicted octanol–water partition coefficient (Wildman–Crippen LogP) is 1.94. The van der Waals surface area contributed by atoms with Crippen LogP contribution in [0.5, 0.6) is 0 Å². The van der Waals surface area contributed by atoms with E-state index in [0.717, 1.165) is 12.2 Å². The smallest absolute Gasteiger partial charge is 0.330 e. The average molecular weight is 344 g/mol. The van der Waals surface area contributed by atoms with Crippen LogP contribution in [0, 0.1) is 0 Å². The van der Waals surface area contributed by atoms with Crippen LogP contribution in [-0.2, 0) is 28.7 Å². The van der Waals surface area contributed by atoms with Gasteiger partial charge in [-0.15, -0.1) is 0 Å². The summed E-state index contributed by atoms with van der Waals surface area (Å²) in [4.78, 5) is 41.1. The Labute approximate surface area is 140 Å². The Morgan fingerprint density at radius 2 is 1.42 bits per heavy atom. The van der Waals surface area contributed by atoms with Gasteiger partial charge in [-0.05, 0) is 19.8 Å². The molecule has 0 aliphatic heterocycles. The SMILES string of the molecule is C=CC(=O)OCCC(C)OC(=O)C=C.O=C(O)CCCCC(=O)O. The molecule has 0 amide bonds. The maximum absolute atomic E-state index is 10.7. The maximum Gasteiger partial charge on any atom is 0.330 e. The van der Waals surface area contributed by atoms with E-state index in [1.54, 1.807) is 6.92 Å². The van der Waals surface area contributed by atoms with Crippen LogP contribution in [-0.4, -0.2) is 46.8 Å². The van der Waals surface area contributed by atoms with Crippen LogP contribution in [0.2, 0.25) is 0 Å². The lowest BCUT2D eigenvalue weighted by Crippen LogP contribution is -2.16. The van der Waals surface area contributed by atoms with Crippen molar-refractivity contribution < 1.29 is 38.9 Å². The van der Waals surface area contributed by atoms with Crippen molar-refractivity contribution in [2.24, 2.45) is 0 Å². The van der Waals surface area contributed by atoms with E-state index in [4.69, 9.17) is 19.7 Å². The monoisotopic (exact) mass is 344 g/mol. The summed E-state index contributed by atoms with van der Waals surface area (Å²) in [6, 6.07) is 0. The van der Waals surface area contributed by atoms with Gasteiger partial charge in [0.15, 0.2) is 0 Å². The Hall–Kier alpha value is -2.64. The summed E-state index contributed by atoms with van der Waals surface area (Å²) in [5.74, 6) is -2.70. The molecule has 0 bridgehead atoms. The summed E-state index contributed by atoms with van der Waals surface area (Å²) in [6.07, 6.45) is 3.36. The highest BCUT2D eigenvalue weighted by Crippen LogP contribution is 1.99. The zero-order valence-electron chi connectivity index (χ0n) is 13.7. The number of hydrogen-bond acceptors (Lipinski definition) is 6. The molecule has 0 radical (unpaired) electrons. The molecule has 0 aliphatic rings. The van der Waals surface area contributed by atoms with Gasteiger partial charge >= 0.3 is 23.9 Å². The van der Waals surface area contributed by atoms with Crippen molar-refractivity contribution in [2.45, 2.75) is 45.1 Å². The van der Waals surface area contributed by atoms with Crippen molar-refractivity contribution in [3.8, 4) is 0 Å². The second kappa shape index (κ2) is 15.3. The number of aliphatic carboxylic acids is 2. The fraction of sp³-hybridized carbons (Fsp3) is 0.500. The fourth-order valence-corrected chi connectivity index (χ4v) is 1.24. The van der Waals surface area contributed by atoms with Crippen molar-refractivity contribution in [3.05, 3.63) is 25.3 Å². The van der Waals surface area contributed by atoms with Gasteiger partial charge in [0.25, 0.3) is 0 Å². The molecular weight excluding hydrogens is 320 g/mol. The third-order valence-corrected chi connectivity index (χ3v) is 2.45. The molecule has 1 atom stereocenters. The Morgan fingerprint density at radius 1 is 0.958 bits per heavy atom. The molecule has 0 fully saturated rings. The Morgan fingerprint density at radius 3 is 1.79 bits per heavy atom. The molecule has 8 nitrogen and oxygen atoms in total. The van der Waals surface area contributed by atoms with Gasteiger partial charge in [-0.2, -0.15) is 0 Å². The molecule has 0 spiro atoms. The molecule has 24 heavy (non-hydrogen) atoms. The normalized spacial score (nSPS) is 10.4. The second-order valence-electron chi connectivity index (χ2n) is 4.61. The lowest BCUT2D eigenvalue weighted by molar-refractivity contribution is -0.144.